The van der Waals surface area contributed by atoms with Gasteiger partial charge in [0, 0.05) is 0 Å². The van der Waals surface area contributed by atoms with E-state index in [1.807, 2.05) is 6.92 Å². The van der Waals surface area contributed by atoms with Crippen LogP contribution < -0.4 is 0 Å². The highest BCUT2D eigenvalue weighted by molar-refractivity contribution is 9.10. The first-order valence-corrected chi connectivity index (χ1v) is 5.59. The first-order valence-electron chi connectivity index (χ1n) is 4.80. The van der Waals surface area contributed by atoms with Crippen molar-refractivity contribution in [3.05, 3.63) is 33.8 Å². The number of rotatable bonds is 3. The summed E-state index contributed by atoms with van der Waals surface area (Å²) in [6.07, 6.45) is -0.445. The van der Waals surface area contributed by atoms with Gasteiger partial charge in [-0.05, 0) is 34.0 Å². The maximum absolute atomic E-state index is 13.6. The van der Waals surface area contributed by atoms with Gasteiger partial charge in [0.1, 0.15) is 11.6 Å². The normalized spacial score (nSPS) is 15.1. The van der Waals surface area contributed by atoms with Crippen LogP contribution in [0.1, 0.15) is 31.9 Å². The Kier molecular flexibility index (Phi) is 4.22. The van der Waals surface area contributed by atoms with E-state index >= 15 is 0 Å². The van der Waals surface area contributed by atoms with Crippen LogP contribution in [0.2, 0.25) is 0 Å². The largest absolute Gasteiger partial charge is 0.388 e. The Morgan fingerprint density at radius 1 is 1.40 bits per heavy atom. The summed E-state index contributed by atoms with van der Waals surface area (Å²) in [6.45, 7) is 3.62. The zero-order chi connectivity index (χ0) is 11.6. The molecule has 0 fully saturated rings. The van der Waals surface area contributed by atoms with E-state index in [2.05, 4.69) is 15.9 Å². The molecule has 2 atom stereocenters. The molecule has 1 aromatic carbocycles. The molecule has 0 saturated heterocycles. The summed E-state index contributed by atoms with van der Waals surface area (Å²) < 4.78 is 27.1. The lowest BCUT2D eigenvalue weighted by Gasteiger charge is -2.19. The Morgan fingerprint density at radius 3 is 2.53 bits per heavy atom. The molecule has 0 amide bonds. The number of aliphatic hydroxyl groups excluding tert-OH is 1. The van der Waals surface area contributed by atoms with E-state index in [4.69, 9.17) is 0 Å². The fourth-order valence-corrected chi connectivity index (χ4v) is 1.67. The van der Waals surface area contributed by atoms with Crippen LogP contribution in [0.3, 0.4) is 0 Å². The minimum Gasteiger partial charge on any atom is -0.388 e. The van der Waals surface area contributed by atoms with Gasteiger partial charge in [-0.1, -0.05) is 20.3 Å². The summed E-state index contributed by atoms with van der Waals surface area (Å²) in [5.41, 5.74) is -0.251. The minimum absolute atomic E-state index is 0.168. The third-order valence-corrected chi connectivity index (χ3v) is 3.17. The van der Waals surface area contributed by atoms with E-state index in [1.165, 1.54) is 6.07 Å². The summed E-state index contributed by atoms with van der Waals surface area (Å²) in [5.74, 6) is -1.60. The van der Waals surface area contributed by atoms with Gasteiger partial charge in [0.25, 0.3) is 0 Å². The molecular weight excluding hydrogens is 266 g/mol. The zero-order valence-corrected chi connectivity index (χ0v) is 10.2. The van der Waals surface area contributed by atoms with Gasteiger partial charge in [-0.2, -0.15) is 0 Å². The zero-order valence-electron chi connectivity index (χ0n) is 8.60. The molecule has 0 aliphatic heterocycles. The maximum atomic E-state index is 13.6. The molecule has 0 heterocycles. The molecule has 2 unspecified atom stereocenters. The molecular formula is C11H13BrF2O. The third-order valence-electron chi connectivity index (χ3n) is 2.56. The maximum Gasteiger partial charge on any atom is 0.146 e. The Labute approximate surface area is 96.2 Å². The van der Waals surface area contributed by atoms with Gasteiger partial charge >= 0.3 is 0 Å². The topological polar surface area (TPSA) is 20.2 Å². The molecule has 84 valence electrons. The summed E-state index contributed by atoms with van der Waals surface area (Å²) in [4.78, 5) is 0. The van der Waals surface area contributed by atoms with Gasteiger partial charge in [0.2, 0.25) is 0 Å². The second-order valence-electron chi connectivity index (χ2n) is 3.59. The number of halogens is 3. The quantitative estimate of drug-likeness (QED) is 0.834. The van der Waals surface area contributed by atoms with Crippen LogP contribution in [0.25, 0.3) is 0 Å². The van der Waals surface area contributed by atoms with Crippen LogP contribution in [0.5, 0.6) is 0 Å². The van der Waals surface area contributed by atoms with Crippen molar-refractivity contribution < 1.29 is 13.9 Å². The first-order chi connectivity index (χ1) is 6.99. The second-order valence-corrected chi connectivity index (χ2v) is 4.44. The molecule has 0 aliphatic carbocycles. The van der Waals surface area contributed by atoms with Crippen molar-refractivity contribution >= 4 is 15.9 Å². The monoisotopic (exact) mass is 278 g/mol. The summed E-state index contributed by atoms with van der Waals surface area (Å²) in [6, 6.07) is 2.44. The predicted molar refractivity (Wildman–Crippen MR) is 58.5 cm³/mol. The molecule has 4 heteroatoms. The van der Waals surface area contributed by atoms with Crippen molar-refractivity contribution in [1.82, 2.24) is 0 Å². The van der Waals surface area contributed by atoms with Crippen molar-refractivity contribution in [2.45, 2.75) is 26.4 Å². The Morgan fingerprint density at radius 2 is 2.00 bits per heavy atom. The minimum atomic E-state index is -1.10. The molecule has 1 N–H and O–H groups in total. The van der Waals surface area contributed by atoms with E-state index in [0.29, 0.717) is 6.42 Å². The third kappa shape index (κ3) is 2.55. The molecule has 0 spiro atoms. The van der Waals surface area contributed by atoms with Gasteiger partial charge in [-0.15, -0.1) is 0 Å². The van der Waals surface area contributed by atoms with E-state index in [9.17, 15) is 13.9 Å². The number of benzene rings is 1. The SMILES string of the molecule is CCC(C)C(O)c1c(F)ccc(Br)c1F. The standard InChI is InChI=1S/C11H13BrF2O/c1-3-6(2)11(15)9-8(13)5-4-7(12)10(9)14/h4-6,11,15H,3H2,1-2H3. The van der Waals surface area contributed by atoms with Gasteiger partial charge in [0.15, 0.2) is 0 Å². The smallest absolute Gasteiger partial charge is 0.146 e. The number of aliphatic hydroxyl groups is 1. The van der Waals surface area contributed by atoms with Crippen molar-refractivity contribution in [3.8, 4) is 0 Å². The van der Waals surface area contributed by atoms with Gasteiger partial charge in [-0.25, -0.2) is 8.78 Å². The molecule has 1 nitrogen and oxygen atoms in total. The van der Waals surface area contributed by atoms with Gasteiger partial charge < -0.3 is 5.11 Å². The van der Waals surface area contributed by atoms with Crippen molar-refractivity contribution in [3.63, 3.8) is 0 Å². The van der Waals surface area contributed by atoms with Crippen LogP contribution in [0.15, 0.2) is 16.6 Å². The summed E-state index contributed by atoms with van der Waals surface area (Å²) in [7, 11) is 0. The number of hydrogen-bond acceptors (Lipinski definition) is 1. The lowest BCUT2D eigenvalue weighted by molar-refractivity contribution is 0.107. The van der Waals surface area contributed by atoms with E-state index < -0.39 is 17.7 Å². The molecule has 0 aliphatic rings. The van der Waals surface area contributed by atoms with Crippen LogP contribution in [-0.4, -0.2) is 5.11 Å². The molecule has 0 aromatic heterocycles. The van der Waals surface area contributed by atoms with Crippen molar-refractivity contribution in [2.75, 3.05) is 0 Å². The highest BCUT2D eigenvalue weighted by Gasteiger charge is 2.23. The molecule has 0 radical (unpaired) electrons. The fraction of sp³-hybridized carbons (Fsp3) is 0.455. The Bertz CT molecular complexity index is 355. The van der Waals surface area contributed by atoms with Crippen LogP contribution >= 0.6 is 15.9 Å². The second kappa shape index (κ2) is 5.03. The van der Waals surface area contributed by atoms with E-state index in [0.717, 1.165) is 6.07 Å². The molecule has 1 aromatic rings. The van der Waals surface area contributed by atoms with E-state index in [1.54, 1.807) is 6.92 Å². The van der Waals surface area contributed by atoms with Crippen LogP contribution in [0, 0.1) is 17.6 Å². The lowest BCUT2D eigenvalue weighted by Crippen LogP contribution is -2.12. The Balaban J connectivity index is 3.18. The van der Waals surface area contributed by atoms with Crippen molar-refractivity contribution in [1.29, 1.82) is 0 Å². The lowest BCUT2D eigenvalue weighted by atomic mass is 9.94. The average Bonchev–Trinajstić information content (AvgIpc) is 2.22. The average molecular weight is 279 g/mol. The molecule has 0 saturated carbocycles. The number of hydrogen-bond donors (Lipinski definition) is 1. The molecule has 0 bridgehead atoms. The first kappa shape index (κ1) is 12.6. The van der Waals surface area contributed by atoms with E-state index in [-0.39, 0.29) is 16.0 Å². The van der Waals surface area contributed by atoms with Crippen molar-refractivity contribution in [2.24, 2.45) is 5.92 Å². The fourth-order valence-electron chi connectivity index (χ4n) is 1.32. The van der Waals surface area contributed by atoms with Gasteiger partial charge in [0.05, 0.1) is 16.1 Å². The van der Waals surface area contributed by atoms with Crippen LogP contribution in [0.4, 0.5) is 8.78 Å². The molecule has 1 rings (SSSR count). The Hall–Kier alpha value is -0.480. The van der Waals surface area contributed by atoms with Crippen LogP contribution in [-0.2, 0) is 0 Å². The highest BCUT2D eigenvalue weighted by atomic mass is 79.9. The predicted octanol–water partition coefficient (Wildman–Crippen LogP) is 3.81. The summed E-state index contributed by atoms with van der Waals surface area (Å²) in [5, 5.41) is 9.77. The molecule has 15 heavy (non-hydrogen) atoms. The summed E-state index contributed by atoms with van der Waals surface area (Å²) >= 11 is 2.97. The van der Waals surface area contributed by atoms with Gasteiger partial charge in [-0.3, -0.25) is 0 Å². The highest BCUT2D eigenvalue weighted by Crippen LogP contribution is 2.31.